The number of para-hydroxylation sites is 4. The summed E-state index contributed by atoms with van der Waals surface area (Å²) in [4.78, 5) is 4.86. The zero-order valence-corrected chi connectivity index (χ0v) is 36.5. The number of hydrogen-bond donors (Lipinski definition) is 0. The van der Waals surface area contributed by atoms with E-state index in [1.165, 1.54) is 27.1 Å². The van der Waals surface area contributed by atoms with Crippen LogP contribution in [0.4, 0.5) is 28.4 Å². The molecule has 0 amide bonds. The molecule has 1 aliphatic rings. The lowest BCUT2D eigenvalue weighted by atomic mass is 9.88. The Balaban J connectivity index is 1.15. The average molecular weight is 829 g/mol. The molecule has 310 valence electrons. The largest absolute Gasteiger partial charge is 0.454 e. The third-order valence-corrected chi connectivity index (χ3v) is 13.6. The Labute approximate surface area is 372 Å². The molecule has 0 saturated heterocycles. The fourth-order valence-corrected chi connectivity index (χ4v) is 10.2. The predicted octanol–water partition coefficient (Wildman–Crippen LogP) is 17.8. The molecule has 4 heteroatoms. The van der Waals surface area contributed by atoms with Crippen LogP contribution in [-0.2, 0) is 0 Å². The minimum atomic E-state index is 0.415. The summed E-state index contributed by atoms with van der Waals surface area (Å²) < 4.78 is 13.6. The van der Waals surface area contributed by atoms with Crippen molar-refractivity contribution in [3.8, 4) is 0 Å². The van der Waals surface area contributed by atoms with Gasteiger partial charge in [0.05, 0.1) is 22.7 Å². The molecule has 2 heterocycles. The molecule has 1 unspecified atom stereocenters. The van der Waals surface area contributed by atoms with E-state index in [0.29, 0.717) is 17.8 Å². The first-order chi connectivity index (χ1) is 31.4. The molecular formula is C60H48N2O2. The van der Waals surface area contributed by atoms with Gasteiger partial charge in [-0.2, -0.15) is 0 Å². The number of fused-ring (bicyclic) bond motifs is 11. The summed E-state index contributed by atoms with van der Waals surface area (Å²) in [5.74, 6) is 1.45. The lowest BCUT2D eigenvalue weighted by Gasteiger charge is -2.32. The zero-order valence-electron chi connectivity index (χ0n) is 36.5. The summed E-state index contributed by atoms with van der Waals surface area (Å²) in [6.07, 6.45) is 8.13. The molecule has 2 aromatic heterocycles. The molecule has 0 spiro atoms. The van der Waals surface area contributed by atoms with Gasteiger partial charge in [0.2, 0.25) is 0 Å². The SMILES string of the molecule is CC(C)c1ccc(N(c2cc3c4ccccc4c(N(C4=CCC(C(C)C)C=C4)c4cccc5c4oc4ccccc45)cc3c3ccccc23)c2cccc3c2oc2ccccc23)cc1. The molecular weight excluding hydrogens is 781 g/mol. The van der Waals surface area contributed by atoms with Gasteiger partial charge in [0.15, 0.2) is 11.2 Å². The molecule has 1 aliphatic carbocycles. The number of hydrogen-bond acceptors (Lipinski definition) is 4. The highest BCUT2D eigenvalue weighted by molar-refractivity contribution is 6.25. The van der Waals surface area contributed by atoms with Gasteiger partial charge in [0.25, 0.3) is 0 Å². The van der Waals surface area contributed by atoms with E-state index in [1.54, 1.807) is 0 Å². The van der Waals surface area contributed by atoms with Gasteiger partial charge in [-0.15, -0.1) is 0 Å². The molecule has 0 bridgehead atoms. The number of nitrogens with zero attached hydrogens (tertiary/aromatic N) is 2. The maximum absolute atomic E-state index is 6.80. The van der Waals surface area contributed by atoms with E-state index in [1.807, 2.05) is 6.07 Å². The van der Waals surface area contributed by atoms with Crippen molar-refractivity contribution < 1.29 is 8.83 Å². The van der Waals surface area contributed by atoms with Crippen LogP contribution >= 0.6 is 0 Å². The third kappa shape index (κ3) is 6.04. The Morgan fingerprint density at radius 2 is 0.906 bits per heavy atom. The van der Waals surface area contributed by atoms with Crippen LogP contribution in [0.3, 0.4) is 0 Å². The van der Waals surface area contributed by atoms with Crippen LogP contribution in [0.15, 0.2) is 203 Å². The summed E-state index contributed by atoms with van der Waals surface area (Å²) in [6, 6.07) is 61.6. The molecule has 0 radical (unpaired) electrons. The van der Waals surface area contributed by atoms with Crippen molar-refractivity contribution in [1.29, 1.82) is 0 Å². The summed E-state index contributed by atoms with van der Waals surface area (Å²) in [5.41, 5.74) is 11.3. The first-order valence-corrected chi connectivity index (χ1v) is 22.7. The smallest absolute Gasteiger partial charge is 0.159 e. The number of anilines is 5. The average Bonchev–Trinajstić information content (AvgIpc) is 3.92. The van der Waals surface area contributed by atoms with E-state index in [0.717, 1.165) is 95.2 Å². The van der Waals surface area contributed by atoms with Crippen molar-refractivity contribution in [1.82, 2.24) is 0 Å². The molecule has 0 aliphatic heterocycles. The van der Waals surface area contributed by atoms with E-state index in [-0.39, 0.29) is 0 Å². The first-order valence-electron chi connectivity index (χ1n) is 22.7. The van der Waals surface area contributed by atoms with Gasteiger partial charge in [-0.25, -0.2) is 0 Å². The fraction of sp³-hybridized carbons (Fsp3) is 0.133. The molecule has 4 nitrogen and oxygen atoms in total. The first kappa shape index (κ1) is 38.1. The number of benzene rings is 9. The minimum Gasteiger partial charge on any atom is -0.454 e. The van der Waals surface area contributed by atoms with Crippen LogP contribution in [0.5, 0.6) is 0 Å². The van der Waals surface area contributed by atoms with Crippen LogP contribution in [0.2, 0.25) is 0 Å². The maximum atomic E-state index is 6.80. The second-order valence-electron chi connectivity index (χ2n) is 18.0. The Hall–Kier alpha value is -7.56. The molecule has 9 aromatic carbocycles. The maximum Gasteiger partial charge on any atom is 0.159 e. The van der Waals surface area contributed by atoms with Crippen LogP contribution in [0, 0.1) is 11.8 Å². The van der Waals surface area contributed by atoms with Crippen molar-refractivity contribution in [3.63, 3.8) is 0 Å². The highest BCUT2D eigenvalue weighted by Crippen LogP contribution is 2.50. The van der Waals surface area contributed by atoms with Gasteiger partial charge in [-0.1, -0.05) is 161 Å². The van der Waals surface area contributed by atoms with Crippen molar-refractivity contribution in [2.45, 2.75) is 40.0 Å². The molecule has 12 rings (SSSR count). The minimum absolute atomic E-state index is 0.415. The normalized spacial score (nSPS) is 14.3. The molecule has 11 aromatic rings. The number of furan rings is 2. The Morgan fingerprint density at radius 1 is 0.438 bits per heavy atom. The Bertz CT molecular complexity index is 3680. The van der Waals surface area contributed by atoms with Crippen LogP contribution < -0.4 is 9.80 Å². The monoisotopic (exact) mass is 828 g/mol. The third-order valence-electron chi connectivity index (χ3n) is 13.6. The molecule has 0 saturated carbocycles. The van der Waals surface area contributed by atoms with Gasteiger partial charge in [-0.3, -0.25) is 0 Å². The standard InChI is InChI=1S/C60H48N2O2/c1-37(2)39-27-31-41(32-28-39)61(53-23-13-21-49-47-19-9-11-25-57(47)63-59(49)53)55-35-51-44-16-6-8-18-46(44)56(36-52(51)43-15-5-7-17-45(43)55)62(42-33-29-40(30-34-42)38(3)4)54-24-14-22-50-48-20-10-12-26-58(48)64-60(50)54/h5-29,31-38,40H,30H2,1-4H3. The number of allylic oxidation sites excluding steroid dienone is 3. The summed E-state index contributed by atoms with van der Waals surface area (Å²) in [7, 11) is 0. The van der Waals surface area contributed by atoms with Crippen LogP contribution in [0.1, 0.15) is 45.6 Å². The summed E-state index contributed by atoms with van der Waals surface area (Å²) >= 11 is 0. The Morgan fingerprint density at radius 3 is 1.41 bits per heavy atom. The van der Waals surface area contributed by atoms with Crippen molar-refractivity contribution in [2.75, 3.05) is 9.80 Å². The lowest BCUT2D eigenvalue weighted by molar-refractivity contribution is 0.466. The second-order valence-corrected chi connectivity index (χ2v) is 18.0. The topological polar surface area (TPSA) is 32.8 Å². The van der Waals surface area contributed by atoms with Gasteiger partial charge in [-0.05, 0) is 106 Å². The Kier molecular flexibility index (Phi) is 8.98. The van der Waals surface area contributed by atoms with E-state index in [2.05, 4.69) is 220 Å². The van der Waals surface area contributed by atoms with Crippen LogP contribution in [0.25, 0.3) is 76.2 Å². The lowest BCUT2D eigenvalue weighted by Crippen LogP contribution is -2.19. The molecule has 0 fully saturated rings. The van der Waals surface area contributed by atoms with Crippen molar-refractivity contribution in [2.24, 2.45) is 11.8 Å². The summed E-state index contributed by atoms with van der Waals surface area (Å²) in [5, 5.41) is 11.5. The highest BCUT2D eigenvalue weighted by atomic mass is 16.3. The van der Waals surface area contributed by atoms with Gasteiger partial charge < -0.3 is 18.6 Å². The van der Waals surface area contributed by atoms with Gasteiger partial charge in [0, 0.05) is 43.7 Å². The predicted molar refractivity (Wildman–Crippen MR) is 271 cm³/mol. The molecule has 1 atom stereocenters. The molecule has 64 heavy (non-hydrogen) atoms. The van der Waals surface area contributed by atoms with Gasteiger partial charge >= 0.3 is 0 Å². The van der Waals surface area contributed by atoms with E-state index in [4.69, 9.17) is 8.83 Å². The van der Waals surface area contributed by atoms with E-state index >= 15 is 0 Å². The molecule has 0 N–H and O–H groups in total. The van der Waals surface area contributed by atoms with Crippen molar-refractivity contribution >= 4 is 105 Å². The summed E-state index contributed by atoms with van der Waals surface area (Å²) in [6.45, 7) is 9.13. The van der Waals surface area contributed by atoms with E-state index in [9.17, 15) is 0 Å². The second kappa shape index (κ2) is 15.1. The fourth-order valence-electron chi connectivity index (χ4n) is 10.2. The zero-order chi connectivity index (χ0) is 43.1. The number of rotatable bonds is 8. The quantitative estimate of drug-likeness (QED) is 0.143. The van der Waals surface area contributed by atoms with E-state index < -0.39 is 0 Å². The van der Waals surface area contributed by atoms with Crippen molar-refractivity contribution in [3.05, 3.63) is 199 Å². The van der Waals surface area contributed by atoms with Gasteiger partial charge in [0.1, 0.15) is 11.2 Å². The highest BCUT2D eigenvalue weighted by Gasteiger charge is 2.27. The van der Waals surface area contributed by atoms with Crippen LogP contribution in [-0.4, -0.2) is 0 Å².